The number of anilines is 1. The Bertz CT molecular complexity index is 758. The van der Waals surface area contributed by atoms with Crippen LogP contribution in [0.1, 0.15) is 23.1 Å². The molecule has 3 heteroatoms. The third kappa shape index (κ3) is 3.00. The van der Waals surface area contributed by atoms with Crippen molar-refractivity contribution in [2.45, 2.75) is 12.8 Å². The van der Waals surface area contributed by atoms with Crippen molar-refractivity contribution in [3.05, 3.63) is 59.2 Å². The van der Waals surface area contributed by atoms with E-state index in [-0.39, 0.29) is 5.78 Å². The summed E-state index contributed by atoms with van der Waals surface area (Å²) in [5, 5.41) is 0. The van der Waals surface area contributed by atoms with Crippen molar-refractivity contribution >= 4 is 23.1 Å². The van der Waals surface area contributed by atoms with Gasteiger partial charge >= 0.3 is 0 Å². The van der Waals surface area contributed by atoms with Gasteiger partial charge in [0, 0.05) is 37.3 Å². The molecule has 23 heavy (non-hydrogen) atoms. The largest absolute Gasteiger partial charge is 0.496 e. The molecule has 0 amide bonds. The van der Waals surface area contributed by atoms with E-state index in [0.29, 0.717) is 6.42 Å². The molecule has 0 aromatic heterocycles. The fraction of sp³-hybridized carbons (Fsp3) is 0.250. The minimum absolute atomic E-state index is 0.197. The number of Topliss-reactive ketones (excluding diaryl/α,β-unsaturated/α-hetero) is 1. The quantitative estimate of drug-likeness (QED) is 0.807. The second-order valence-corrected chi connectivity index (χ2v) is 5.95. The van der Waals surface area contributed by atoms with Gasteiger partial charge in [-0.2, -0.15) is 0 Å². The van der Waals surface area contributed by atoms with Gasteiger partial charge in [0.25, 0.3) is 0 Å². The smallest absolute Gasteiger partial charge is 0.163 e. The zero-order valence-corrected chi connectivity index (χ0v) is 13.8. The Balaban J connectivity index is 2.04. The van der Waals surface area contributed by atoms with Crippen molar-refractivity contribution in [1.82, 2.24) is 0 Å². The number of hydrogen-bond donors (Lipinski definition) is 0. The summed E-state index contributed by atoms with van der Waals surface area (Å²) < 4.78 is 5.44. The number of fused-ring (bicyclic) bond motifs is 1. The lowest BCUT2D eigenvalue weighted by molar-refractivity contribution is -0.113. The van der Waals surface area contributed by atoms with Gasteiger partial charge < -0.3 is 9.64 Å². The maximum absolute atomic E-state index is 12.4. The van der Waals surface area contributed by atoms with Crippen LogP contribution in [0, 0.1) is 0 Å². The highest BCUT2D eigenvalue weighted by atomic mass is 16.5. The highest BCUT2D eigenvalue weighted by Crippen LogP contribution is 2.35. The average molecular weight is 307 g/mol. The third-order valence-corrected chi connectivity index (χ3v) is 4.27. The molecule has 0 bridgehead atoms. The van der Waals surface area contributed by atoms with Crippen LogP contribution in [-0.2, 0) is 11.2 Å². The number of ether oxygens (including phenoxy) is 1. The Kier molecular flexibility index (Phi) is 4.20. The summed E-state index contributed by atoms with van der Waals surface area (Å²) in [4.78, 5) is 14.5. The summed E-state index contributed by atoms with van der Waals surface area (Å²) >= 11 is 0. The number of rotatable bonds is 3. The summed E-state index contributed by atoms with van der Waals surface area (Å²) in [5.41, 5.74) is 5.09. The van der Waals surface area contributed by atoms with E-state index in [9.17, 15) is 4.79 Å². The van der Waals surface area contributed by atoms with E-state index in [2.05, 4.69) is 17.0 Å². The monoisotopic (exact) mass is 307 g/mol. The zero-order valence-electron chi connectivity index (χ0n) is 13.8. The topological polar surface area (TPSA) is 29.5 Å². The molecule has 2 aromatic rings. The van der Waals surface area contributed by atoms with Crippen LogP contribution >= 0.6 is 0 Å². The molecule has 0 heterocycles. The van der Waals surface area contributed by atoms with Gasteiger partial charge in [0.1, 0.15) is 5.75 Å². The lowest BCUT2D eigenvalue weighted by Crippen LogP contribution is -2.13. The predicted octanol–water partition coefficient (Wildman–Crippen LogP) is 3.82. The van der Waals surface area contributed by atoms with Crippen LogP contribution in [-0.4, -0.2) is 27.0 Å². The number of ketones is 1. The Morgan fingerprint density at radius 3 is 2.43 bits per heavy atom. The normalized spacial score (nSPS) is 15.4. The SMILES string of the molecule is COc1cccc2c1CCC(=O)/C2=C/c1ccc(N(C)C)cc1. The van der Waals surface area contributed by atoms with Gasteiger partial charge in [0.05, 0.1) is 7.11 Å². The molecule has 3 nitrogen and oxygen atoms in total. The summed E-state index contributed by atoms with van der Waals surface area (Å²) in [6, 6.07) is 14.1. The lowest BCUT2D eigenvalue weighted by Gasteiger charge is -2.20. The van der Waals surface area contributed by atoms with Crippen LogP contribution in [0.4, 0.5) is 5.69 Å². The number of nitrogens with zero attached hydrogens (tertiary/aromatic N) is 1. The van der Waals surface area contributed by atoms with Crippen LogP contribution in [0.25, 0.3) is 11.6 Å². The molecule has 2 aromatic carbocycles. The van der Waals surface area contributed by atoms with E-state index in [1.165, 1.54) is 0 Å². The maximum atomic E-state index is 12.4. The lowest BCUT2D eigenvalue weighted by atomic mass is 9.85. The van der Waals surface area contributed by atoms with E-state index in [4.69, 9.17) is 4.74 Å². The fourth-order valence-electron chi connectivity index (χ4n) is 2.98. The predicted molar refractivity (Wildman–Crippen MR) is 95.0 cm³/mol. The zero-order chi connectivity index (χ0) is 16.4. The summed E-state index contributed by atoms with van der Waals surface area (Å²) in [7, 11) is 5.71. The average Bonchev–Trinajstić information content (AvgIpc) is 2.57. The number of methoxy groups -OCH3 is 1. The Morgan fingerprint density at radius 2 is 1.78 bits per heavy atom. The van der Waals surface area contributed by atoms with Crippen LogP contribution < -0.4 is 9.64 Å². The summed E-state index contributed by atoms with van der Waals surface area (Å²) in [6.07, 6.45) is 3.27. The highest BCUT2D eigenvalue weighted by Gasteiger charge is 2.23. The molecule has 1 aliphatic rings. The van der Waals surface area contributed by atoms with Crippen molar-refractivity contribution in [2.24, 2.45) is 0 Å². The van der Waals surface area contributed by atoms with Crippen LogP contribution in [0.5, 0.6) is 5.75 Å². The Labute approximate surface area is 137 Å². The molecule has 0 atom stereocenters. The molecule has 0 spiro atoms. The minimum atomic E-state index is 0.197. The first-order chi connectivity index (χ1) is 11.1. The minimum Gasteiger partial charge on any atom is -0.496 e. The molecular weight excluding hydrogens is 286 g/mol. The van der Waals surface area contributed by atoms with Crippen LogP contribution in [0.2, 0.25) is 0 Å². The number of hydrogen-bond acceptors (Lipinski definition) is 3. The Hall–Kier alpha value is -2.55. The van der Waals surface area contributed by atoms with Crippen LogP contribution in [0.15, 0.2) is 42.5 Å². The molecule has 118 valence electrons. The second kappa shape index (κ2) is 6.29. The molecular formula is C20H21NO2. The van der Waals surface area contributed by atoms with Gasteiger partial charge in [0.2, 0.25) is 0 Å². The van der Waals surface area contributed by atoms with E-state index < -0.39 is 0 Å². The first-order valence-corrected chi connectivity index (χ1v) is 7.78. The van der Waals surface area contributed by atoms with Gasteiger partial charge in [-0.25, -0.2) is 0 Å². The van der Waals surface area contributed by atoms with E-state index in [1.54, 1.807) is 7.11 Å². The number of carbonyl (C=O) groups is 1. The van der Waals surface area contributed by atoms with Crippen LogP contribution in [0.3, 0.4) is 0 Å². The van der Waals surface area contributed by atoms with Gasteiger partial charge in [-0.3, -0.25) is 4.79 Å². The van der Waals surface area contributed by atoms with Gasteiger partial charge in [-0.1, -0.05) is 24.3 Å². The van der Waals surface area contributed by atoms with E-state index in [1.807, 2.05) is 50.5 Å². The number of allylic oxidation sites excluding steroid dienone is 1. The number of benzene rings is 2. The second-order valence-electron chi connectivity index (χ2n) is 5.95. The van der Waals surface area contributed by atoms with Crippen molar-refractivity contribution in [2.75, 3.05) is 26.1 Å². The molecule has 0 fully saturated rings. The summed E-state index contributed by atoms with van der Waals surface area (Å²) in [6.45, 7) is 0. The maximum Gasteiger partial charge on any atom is 0.163 e. The molecule has 3 rings (SSSR count). The molecule has 0 saturated carbocycles. The molecule has 1 aliphatic carbocycles. The van der Waals surface area contributed by atoms with E-state index >= 15 is 0 Å². The first kappa shape index (κ1) is 15.3. The first-order valence-electron chi connectivity index (χ1n) is 7.78. The van der Waals surface area contributed by atoms with Crippen molar-refractivity contribution in [3.8, 4) is 5.75 Å². The van der Waals surface area contributed by atoms with Gasteiger partial charge in [-0.15, -0.1) is 0 Å². The highest BCUT2D eigenvalue weighted by molar-refractivity contribution is 6.26. The molecule has 0 radical (unpaired) electrons. The molecule has 0 N–H and O–H groups in total. The van der Waals surface area contributed by atoms with Gasteiger partial charge in [0.15, 0.2) is 5.78 Å². The van der Waals surface area contributed by atoms with Crippen molar-refractivity contribution in [1.29, 1.82) is 0 Å². The van der Waals surface area contributed by atoms with Gasteiger partial charge in [-0.05, 0) is 41.8 Å². The third-order valence-electron chi connectivity index (χ3n) is 4.27. The fourth-order valence-corrected chi connectivity index (χ4v) is 2.98. The standard InChI is InChI=1S/C20H21NO2/c1-21(2)15-9-7-14(8-10-15)13-18-16-5-4-6-20(23-3)17(16)11-12-19(18)22/h4-10,13H,11-12H2,1-3H3/b18-13+. The summed E-state index contributed by atoms with van der Waals surface area (Å²) in [5.74, 6) is 1.06. The van der Waals surface area contributed by atoms with E-state index in [0.717, 1.165) is 40.1 Å². The van der Waals surface area contributed by atoms with Crippen molar-refractivity contribution in [3.63, 3.8) is 0 Å². The molecule has 0 unspecified atom stereocenters. The molecule has 0 aliphatic heterocycles. The number of carbonyl (C=O) groups excluding carboxylic acids is 1. The Morgan fingerprint density at radius 1 is 1.04 bits per heavy atom. The molecule has 0 saturated heterocycles. The van der Waals surface area contributed by atoms with Crippen molar-refractivity contribution < 1.29 is 9.53 Å².